The number of hydrogen-bond donors (Lipinski definition) is 2. The minimum atomic E-state index is -0.157. The van der Waals surface area contributed by atoms with Gasteiger partial charge in [-0.1, -0.05) is 23.8 Å². The summed E-state index contributed by atoms with van der Waals surface area (Å²) in [6.45, 7) is 4.12. The van der Waals surface area contributed by atoms with Crippen LogP contribution >= 0.6 is 12.6 Å². The average Bonchev–Trinajstić information content (AvgIpc) is 1.85. The topological polar surface area (TPSA) is 26.0 Å². The molecule has 0 aliphatic rings. The summed E-state index contributed by atoms with van der Waals surface area (Å²) < 4.78 is 0. The monoisotopic (exact) mass is 167 g/mol. The smallest absolute Gasteiger partial charge is 0.0737 e. The van der Waals surface area contributed by atoms with Gasteiger partial charge in [-0.05, 0) is 25.0 Å². The molecule has 1 aromatic carbocycles. The van der Waals surface area contributed by atoms with Gasteiger partial charge < -0.3 is 5.73 Å². The number of nitrogens with two attached hydrogens (primary N) is 1. The predicted octanol–water partition coefficient (Wildman–Crippen LogP) is 2.19. The Morgan fingerprint density at radius 3 is 2.45 bits per heavy atom. The molecule has 0 heterocycles. The number of thiol groups is 1. The third kappa shape index (κ3) is 1.98. The second-order valence-electron chi connectivity index (χ2n) is 2.80. The zero-order valence-electron chi connectivity index (χ0n) is 6.83. The van der Waals surface area contributed by atoms with E-state index in [1.807, 2.05) is 6.07 Å². The van der Waals surface area contributed by atoms with E-state index >= 15 is 0 Å². The third-order valence-electron chi connectivity index (χ3n) is 1.74. The molecule has 0 aliphatic heterocycles. The van der Waals surface area contributed by atoms with Gasteiger partial charge in [0.05, 0.1) is 5.37 Å². The van der Waals surface area contributed by atoms with Crippen molar-refractivity contribution >= 4 is 12.6 Å². The van der Waals surface area contributed by atoms with Crippen LogP contribution in [-0.4, -0.2) is 0 Å². The highest BCUT2D eigenvalue weighted by molar-refractivity contribution is 7.80. The van der Waals surface area contributed by atoms with Crippen molar-refractivity contribution in [3.63, 3.8) is 0 Å². The second-order valence-corrected chi connectivity index (χ2v) is 3.36. The SMILES string of the molecule is Cc1ccc(C(N)S)c(C)c1. The summed E-state index contributed by atoms with van der Waals surface area (Å²) in [6.07, 6.45) is 0. The van der Waals surface area contributed by atoms with Crippen molar-refractivity contribution in [2.24, 2.45) is 5.73 Å². The fourth-order valence-electron chi connectivity index (χ4n) is 1.16. The normalized spacial score (nSPS) is 13.1. The van der Waals surface area contributed by atoms with Crippen molar-refractivity contribution in [3.8, 4) is 0 Å². The molecule has 0 radical (unpaired) electrons. The fraction of sp³-hybridized carbons (Fsp3) is 0.333. The zero-order valence-corrected chi connectivity index (χ0v) is 7.73. The molecule has 2 heteroatoms. The molecule has 1 rings (SSSR count). The molecular weight excluding hydrogens is 154 g/mol. The molecular formula is C9H13NS. The van der Waals surface area contributed by atoms with Gasteiger partial charge in [0.15, 0.2) is 0 Å². The molecule has 0 fully saturated rings. The Hall–Kier alpha value is -0.470. The Bertz CT molecular complexity index is 256. The van der Waals surface area contributed by atoms with Crippen molar-refractivity contribution < 1.29 is 0 Å². The van der Waals surface area contributed by atoms with Gasteiger partial charge in [-0.2, -0.15) is 12.6 Å². The fourth-order valence-corrected chi connectivity index (χ4v) is 1.45. The van der Waals surface area contributed by atoms with E-state index in [9.17, 15) is 0 Å². The minimum Gasteiger partial charge on any atom is -0.316 e. The molecule has 0 bridgehead atoms. The predicted molar refractivity (Wildman–Crippen MR) is 51.8 cm³/mol. The van der Waals surface area contributed by atoms with Gasteiger partial charge >= 0.3 is 0 Å². The molecule has 0 aliphatic carbocycles. The van der Waals surface area contributed by atoms with Crippen LogP contribution in [0.25, 0.3) is 0 Å². The largest absolute Gasteiger partial charge is 0.316 e. The maximum absolute atomic E-state index is 5.63. The van der Waals surface area contributed by atoms with Crippen molar-refractivity contribution in [1.82, 2.24) is 0 Å². The molecule has 1 aromatic rings. The third-order valence-corrected chi connectivity index (χ3v) is 2.02. The minimum absolute atomic E-state index is 0.157. The molecule has 0 aromatic heterocycles. The van der Waals surface area contributed by atoms with Crippen LogP contribution in [0.15, 0.2) is 18.2 Å². The summed E-state index contributed by atoms with van der Waals surface area (Å²) >= 11 is 4.17. The summed E-state index contributed by atoms with van der Waals surface area (Å²) in [7, 11) is 0. The Morgan fingerprint density at radius 1 is 1.36 bits per heavy atom. The summed E-state index contributed by atoms with van der Waals surface area (Å²) in [5, 5.41) is -0.157. The molecule has 1 nitrogen and oxygen atoms in total. The van der Waals surface area contributed by atoms with Gasteiger partial charge in [0, 0.05) is 0 Å². The first kappa shape index (κ1) is 8.62. The van der Waals surface area contributed by atoms with Gasteiger partial charge in [0.1, 0.15) is 0 Å². The molecule has 1 unspecified atom stereocenters. The Morgan fingerprint density at radius 2 is 2.00 bits per heavy atom. The first-order chi connectivity index (χ1) is 5.11. The van der Waals surface area contributed by atoms with Crippen LogP contribution in [0.1, 0.15) is 22.1 Å². The van der Waals surface area contributed by atoms with Crippen LogP contribution in [-0.2, 0) is 0 Å². The molecule has 11 heavy (non-hydrogen) atoms. The van der Waals surface area contributed by atoms with E-state index in [-0.39, 0.29) is 5.37 Å². The molecule has 0 amide bonds. The number of aryl methyl sites for hydroxylation is 2. The van der Waals surface area contributed by atoms with E-state index in [4.69, 9.17) is 5.73 Å². The first-order valence-electron chi connectivity index (χ1n) is 3.62. The molecule has 1 atom stereocenters. The van der Waals surface area contributed by atoms with Crippen molar-refractivity contribution in [1.29, 1.82) is 0 Å². The van der Waals surface area contributed by atoms with Crippen molar-refractivity contribution in [2.45, 2.75) is 19.2 Å². The first-order valence-corrected chi connectivity index (χ1v) is 4.13. The van der Waals surface area contributed by atoms with E-state index in [2.05, 4.69) is 38.6 Å². The number of rotatable bonds is 1. The van der Waals surface area contributed by atoms with Crippen molar-refractivity contribution in [2.75, 3.05) is 0 Å². The quantitative estimate of drug-likeness (QED) is 0.486. The Labute approximate surface area is 73.0 Å². The Balaban J connectivity index is 3.09. The zero-order chi connectivity index (χ0) is 8.43. The van der Waals surface area contributed by atoms with Crippen LogP contribution in [0, 0.1) is 13.8 Å². The van der Waals surface area contributed by atoms with E-state index < -0.39 is 0 Å². The van der Waals surface area contributed by atoms with Gasteiger partial charge in [0.2, 0.25) is 0 Å². The van der Waals surface area contributed by atoms with Crippen LogP contribution in [0.2, 0.25) is 0 Å². The lowest BCUT2D eigenvalue weighted by Crippen LogP contribution is -2.04. The average molecular weight is 167 g/mol. The second kappa shape index (κ2) is 3.28. The highest BCUT2D eigenvalue weighted by Crippen LogP contribution is 2.18. The van der Waals surface area contributed by atoms with E-state index in [1.165, 1.54) is 11.1 Å². The summed E-state index contributed by atoms with van der Waals surface area (Å²) in [4.78, 5) is 0. The Kier molecular flexibility index (Phi) is 2.58. The molecule has 2 N–H and O–H groups in total. The van der Waals surface area contributed by atoms with Gasteiger partial charge in [0.25, 0.3) is 0 Å². The molecule has 0 saturated heterocycles. The summed E-state index contributed by atoms with van der Waals surface area (Å²) in [5.74, 6) is 0. The van der Waals surface area contributed by atoms with Crippen LogP contribution in [0.4, 0.5) is 0 Å². The van der Waals surface area contributed by atoms with Crippen LogP contribution < -0.4 is 5.73 Å². The molecule has 60 valence electrons. The van der Waals surface area contributed by atoms with Crippen LogP contribution in [0.5, 0.6) is 0 Å². The maximum Gasteiger partial charge on any atom is 0.0737 e. The number of benzene rings is 1. The maximum atomic E-state index is 5.63. The highest BCUT2D eigenvalue weighted by atomic mass is 32.1. The molecule has 0 saturated carbocycles. The van der Waals surface area contributed by atoms with E-state index in [1.54, 1.807) is 0 Å². The van der Waals surface area contributed by atoms with E-state index in [0.29, 0.717) is 0 Å². The standard InChI is InChI=1S/C9H13NS/c1-6-3-4-8(9(10)11)7(2)5-6/h3-5,9,11H,10H2,1-2H3. The highest BCUT2D eigenvalue weighted by Gasteiger charge is 2.02. The van der Waals surface area contributed by atoms with E-state index in [0.717, 1.165) is 5.56 Å². The van der Waals surface area contributed by atoms with Gasteiger partial charge in [-0.25, -0.2) is 0 Å². The van der Waals surface area contributed by atoms with Gasteiger partial charge in [-0.15, -0.1) is 0 Å². The molecule has 0 spiro atoms. The summed E-state index contributed by atoms with van der Waals surface area (Å²) in [5.41, 5.74) is 9.22. The van der Waals surface area contributed by atoms with Crippen molar-refractivity contribution in [3.05, 3.63) is 34.9 Å². The summed E-state index contributed by atoms with van der Waals surface area (Å²) in [6, 6.07) is 6.20. The lowest BCUT2D eigenvalue weighted by molar-refractivity contribution is 1.02. The lowest BCUT2D eigenvalue weighted by Gasteiger charge is -2.08. The van der Waals surface area contributed by atoms with Gasteiger partial charge in [-0.3, -0.25) is 0 Å². The van der Waals surface area contributed by atoms with Crippen LogP contribution in [0.3, 0.4) is 0 Å². The number of hydrogen-bond acceptors (Lipinski definition) is 2. The lowest BCUT2D eigenvalue weighted by atomic mass is 10.1.